The van der Waals surface area contributed by atoms with Crippen LogP contribution in [0.5, 0.6) is 5.75 Å². The average Bonchev–Trinajstić information content (AvgIpc) is 2.53. The predicted octanol–water partition coefficient (Wildman–Crippen LogP) is 4.65. The Morgan fingerprint density at radius 1 is 1.00 bits per heavy atom. The zero-order chi connectivity index (χ0) is 14.4. The molecular formula is C18H19NO. The van der Waals surface area contributed by atoms with E-state index in [1.807, 2.05) is 48.5 Å². The van der Waals surface area contributed by atoms with E-state index >= 15 is 0 Å². The molecule has 0 heterocycles. The molecule has 1 atom stereocenters. The van der Waals surface area contributed by atoms with Crippen molar-refractivity contribution in [1.82, 2.24) is 0 Å². The zero-order valence-electron chi connectivity index (χ0n) is 12.0. The Hall–Kier alpha value is -2.27. The number of nitriles is 1. The topological polar surface area (TPSA) is 33.0 Å². The van der Waals surface area contributed by atoms with Gasteiger partial charge in [-0.15, -0.1) is 0 Å². The van der Waals surface area contributed by atoms with Gasteiger partial charge < -0.3 is 4.74 Å². The SMILES string of the molecule is CCC(C)COc1ccc(-c2ccc(C#N)cc2)cc1. The summed E-state index contributed by atoms with van der Waals surface area (Å²) in [6.07, 6.45) is 1.13. The third-order valence-electron chi connectivity index (χ3n) is 3.43. The summed E-state index contributed by atoms with van der Waals surface area (Å²) in [6, 6.07) is 17.8. The summed E-state index contributed by atoms with van der Waals surface area (Å²) in [7, 11) is 0. The standard InChI is InChI=1S/C18H19NO/c1-3-14(2)13-20-18-10-8-17(9-11-18)16-6-4-15(12-19)5-7-16/h4-11,14H,3,13H2,1-2H3. The third-order valence-corrected chi connectivity index (χ3v) is 3.43. The fourth-order valence-corrected chi connectivity index (χ4v) is 1.84. The first-order valence-corrected chi connectivity index (χ1v) is 6.96. The molecule has 2 aromatic carbocycles. The highest BCUT2D eigenvalue weighted by molar-refractivity contribution is 5.64. The number of nitrogens with zero attached hydrogens (tertiary/aromatic N) is 1. The van der Waals surface area contributed by atoms with Gasteiger partial charge in [-0.1, -0.05) is 44.5 Å². The van der Waals surface area contributed by atoms with Gasteiger partial charge in [0.15, 0.2) is 0 Å². The van der Waals surface area contributed by atoms with Gasteiger partial charge in [0.05, 0.1) is 18.2 Å². The Bertz CT molecular complexity index is 578. The molecule has 0 aliphatic carbocycles. The van der Waals surface area contributed by atoms with Crippen LogP contribution in [0.25, 0.3) is 11.1 Å². The first-order chi connectivity index (χ1) is 9.72. The van der Waals surface area contributed by atoms with E-state index in [1.165, 1.54) is 0 Å². The second kappa shape index (κ2) is 6.77. The van der Waals surface area contributed by atoms with Gasteiger partial charge in [0.1, 0.15) is 5.75 Å². The van der Waals surface area contributed by atoms with Crippen molar-refractivity contribution in [3.8, 4) is 22.9 Å². The molecule has 0 N–H and O–H groups in total. The summed E-state index contributed by atoms with van der Waals surface area (Å²) in [5.41, 5.74) is 2.92. The van der Waals surface area contributed by atoms with Gasteiger partial charge in [-0.2, -0.15) is 5.26 Å². The second-order valence-electron chi connectivity index (χ2n) is 5.04. The maximum absolute atomic E-state index is 8.79. The zero-order valence-corrected chi connectivity index (χ0v) is 12.0. The van der Waals surface area contributed by atoms with Crippen LogP contribution in [-0.2, 0) is 0 Å². The number of rotatable bonds is 5. The quantitative estimate of drug-likeness (QED) is 0.788. The monoisotopic (exact) mass is 265 g/mol. The molecule has 102 valence electrons. The van der Waals surface area contributed by atoms with Crippen LogP contribution >= 0.6 is 0 Å². The Kier molecular flexibility index (Phi) is 4.79. The third kappa shape index (κ3) is 3.61. The van der Waals surface area contributed by atoms with Gasteiger partial charge in [0, 0.05) is 0 Å². The van der Waals surface area contributed by atoms with Crippen LogP contribution in [0.1, 0.15) is 25.8 Å². The molecule has 0 radical (unpaired) electrons. The van der Waals surface area contributed by atoms with Crippen LogP contribution in [0.4, 0.5) is 0 Å². The normalized spacial score (nSPS) is 11.7. The highest BCUT2D eigenvalue weighted by Gasteiger charge is 2.02. The van der Waals surface area contributed by atoms with Crippen LogP contribution in [0, 0.1) is 17.2 Å². The first-order valence-electron chi connectivity index (χ1n) is 6.96. The molecular weight excluding hydrogens is 246 g/mol. The van der Waals surface area contributed by atoms with Crippen LogP contribution in [0.2, 0.25) is 0 Å². The Morgan fingerprint density at radius 2 is 1.55 bits per heavy atom. The average molecular weight is 265 g/mol. The van der Waals surface area contributed by atoms with Crippen molar-refractivity contribution < 1.29 is 4.74 Å². The minimum Gasteiger partial charge on any atom is -0.493 e. The fraction of sp³-hybridized carbons (Fsp3) is 0.278. The largest absolute Gasteiger partial charge is 0.493 e. The van der Waals surface area contributed by atoms with Crippen molar-refractivity contribution in [2.45, 2.75) is 20.3 Å². The maximum atomic E-state index is 8.79. The van der Waals surface area contributed by atoms with Gasteiger partial charge in [0.25, 0.3) is 0 Å². The lowest BCUT2D eigenvalue weighted by Gasteiger charge is -2.11. The lowest BCUT2D eigenvalue weighted by molar-refractivity contribution is 0.256. The van der Waals surface area contributed by atoms with Gasteiger partial charge in [0.2, 0.25) is 0 Å². The fourth-order valence-electron chi connectivity index (χ4n) is 1.84. The molecule has 20 heavy (non-hydrogen) atoms. The molecule has 1 unspecified atom stereocenters. The highest BCUT2D eigenvalue weighted by Crippen LogP contribution is 2.23. The summed E-state index contributed by atoms with van der Waals surface area (Å²) >= 11 is 0. The summed E-state index contributed by atoms with van der Waals surface area (Å²) in [6.45, 7) is 5.11. The van der Waals surface area contributed by atoms with E-state index in [-0.39, 0.29) is 0 Å². The molecule has 0 bridgehead atoms. The van der Waals surface area contributed by atoms with Crippen molar-refractivity contribution in [2.75, 3.05) is 6.61 Å². The molecule has 2 rings (SSSR count). The van der Waals surface area contributed by atoms with Crippen molar-refractivity contribution in [3.05, 3.63) is 54.1 Å². The van der Waals surface area contributed by atoms with Crippen molar-refractivity contribution >= 4 is 0 Å². The molecule has 0 aliphatic heterocycles. The molecule has 0 fully saturated rings. The van der Waals surface area contributed by atoms with Crippen LogP contribution in [0.15, 0.2) is 48.5 Å². The second-order valence-corrected chi connectivity index (χ2v) is 5.04. The highest BCUT2D eigenvalue weighted by atomic mass is 16.5. The smallest absolute Gasteiger partial charge is 0.119 e. The number of ether oxygens (including phenoxy) is 1. The number of hydrogen-bond donors (Lipinski definition) is 0. The van der Waals surface area contributed by atoms with E-state index in [1.54, 1.807) is 0 Å². The molecule has 0 saturated heterocycles. The molecule has 2 heteroatoms. The summed E-state index contributed by atoms with van der Waals surface area (Å²) < 4.78 is 5.74. The van der Waals surface area contributed by atoms with Crippen molar-refractivity contribution in [2.24, 2.45) is 5.92 Å². The van der Waals surface area contributed by atoms with E-state index in [0.29, 0.717) is 11.5 Å². The predicted molar refractivity (Wildman–Crippen MR) is 81.5 cm³/mol. The lowest BCUT2D eigenvalue weighted by atomic mass is 10.0. The number of benzene rings is 2. The molecule has 0 spiro atoms. The van der Waals surface area contributed by atoms with E-state index in [2.05, 4.69) is 19.9 Å². The lowest BCUT2D eigenvalue weighted by Crippen LogP contribution is -2.06. The number of hydrogen-bond acceptors (Lipinski definition) is 2. The first kappa shape index (κ1) is 14.1. The van der Waals surface area contributed by atoms with E-state index in [0.717, 1.165) is 29.9 Å². The van der Waals surface area contributed by atoms with Gasteiger partial charge in [-0.05, 0) is 41.3 Å². The minimum absolute atomic E-state index is 0.577. The van der Waals surface area contributed by atoms with Crippen LogP contribution < -0.4 is 4.74 Å². The molecule has 0 saturated carbocycles. The molecule has 0 amide bonds. The molecule has 2 nitrogen and oxygen atoms in total. The van der Waals surface area contributed by atoms with E-state index in [4.69, 9.17) is 10.00 Å². The Labute approximate surface area is 120 Å². The Balaban J connectivity index is 2.05. The molecule has 0 aliphatic rings. The van der Waals surface area contributed by atoms with Crippen LogP contribution in [0.3, 0.4) is 0 Å². The minimum atomic E-state index is 0.577. The maximum Gasteiger partial charge on any atom is 0.119 e. The van der Waals surface area contributed by atoms with E-state index in [9.17, 15) is 0 Å². The van der Waals surface area contributed by atoms with Gasteiger partial charge in [-0.3, -0.25) is 0 Å². The summed E-state index contributed by atoms with van der Waals surface area (Å²) in [4.78, 5) is 0. The van der Waals surface area contributed by atoms with Crippen molar-refractivity contribution in [1.29, 1.82) is 5.26 Å². The molecule has 0 aromatic heterocycles. The van der Waals surface area contributed by atoms with E-state index < -0.39 is 0 Å². The van der Waals surface area contributed by atoms with Crippen LogP contribution in [-0.4, -0.2) is 6.61 Å². The van der Waals surface area contributed by atoms with Crippen molar-refractivity contribution in [3.63, 3.8) is 0 Å². The van der Waals surface area contributed by atoms with Gasteiger partial charge >= 0.3 is 0 Å². The summed E-state index contributed by atoms with van der Waals surface area (Å²) in [5.74, 6) is 1.48. The van der Waals surface area contributed by atoms with Gasteiger partial charge in [-0.25, -0.2) is 0 Å². The molecule has 2 aromatic rings. The Morgan fingerprint density at radius 3 is 2.05 bits per heavy atom. The summed E-state index contributed by atoms with van der Waals surface area (Å²) in [5, 5.41) is 8.79.